The van der Waals surface area contributed by atoms with Gasteiger partial charge < -0.3 is 4.90 Å². The highest BCUT2D eigenvalue weighted by atomic mass is 16.1. The first-order chi connectivity index (χ1) is 14.7. The Kier molecular flexibility index (Phi) is 6.69. The van der Waals surface area contributed by atoms with E-state index < -0.39 is 0 Å². The monoisotopic (exact) mass is 402 g/mol. The minimum atomic E-state index is 0.547. The van der Waals surface area contributed by atoms with Crippen LogP contribution in [0.3, 0.4) is 0 Å². The van der Waals surface area contributed by atoms with E-state index in [1.807, 2.05) is 12.1 Å². The lowest BCUT2D eigenvalue weighted by molar-refractivity contribution is 0.112. The number of anilines is 1. The van der Waals surface area contributed by atoms with Crippen LogP contribution in [0.1, 0.15) is 66.4 Å². The lowest BCUT2D eigenvalue weighted by Crippen LogP contribution is -2.29. The van der Waals surface area contributed by atoms with Crippen LogP contribution in [-0.2, 0) is 6.54 Å². The van der Waals surface area contributed by atoms with Crippen LogP contribution < -0.4 is 4.90 Å². The number of carbonyl (C=O) groups excluding carboxylic acids is 1. The van der Waals surface area contributed by atoms with Crippen molar-refractivity contribution in [2.75, 3.05) is 25.0 Å². The van der Waals surface area contributed by atoms with Gasteiger partial charge in [0.15, 0.2) is 6.29 Å². The molecule has 0 atom stereocenters. The second kappa shape index (κ2) is 9.61. The van der Waals surface area contributed by atoms with Crippen LogP contribution in [0, 0.1) is 0 Å². The Morgan fingerprint density at radius 2 is 1.70 bits per heavy atom. The summed E-state index contributed by atoms with van der Waals surface area (Å²) in [5.41, 5.74) is 6.42. The maximum absolute atomic E-state index is 11.9. The Balaban J connectivity index is 1.62. The molecule has 1 aliphatic carbocycles. The van der Waals surface area contributed by atoms with Gasteiger partial charge in [-0.2, -0.15) is 0 Å². The third kappa shape index (κ3) is 4.52. The quantitative estimate of drug-likeness (QED) is 0.517. The van der Waals surface area contributed by atoms with Crippen molar-refractivity contribution in [2.45, 2.75) is 57.5 Å². The van der Waals surface area contributed by atoms with E-state index in [9.17, 15) is 4.79 Å². The van der Waals surface area contributed by atoms with E-state index in [0.29, 0.717) is 6.04 Å². The van der Waals surface area contributed by atoms with E-state index in [0.717, 1.165) is 40.8 Å². The van der Waals surface area contributed by atoms with Gasteiger partial charge in [-0.25, -0.2) is 0 Å². The first-order valence-electron chi connectivity index (χ1n) is 11.5. The molecular formula is C27H34N2O. The summed E-state index contributed by atoms with van der Waals surface area (Å²) in [6, 6.07) is 13.7. The van der Waals surface area contributed by atoms with E-state index in [-0.39, 0.29) is 0 Å². The molecule has 30 heavy (non-hydrogen) atoms. The molecule has 3 heteroatoms. The Morgan fingerprint density at radius 3 is 2.33 bits per heavy atom. The van der Waals surface area contributed by atoms with Crippen molar-refractivity contribution >= 4 is 18.0 Å². The van der Waals surface area contributed by atoms with Crippen LogP contribution in [-0.4, -0.2) is 37.4 Å². The fourth-order valence-corrected chi connectivity index (χ4v) is 5.10. The van der Waals surface area contributed by atoms with Crippen LogP contribution in [0.15, 0.2) is 43.0 Å². The minimum Gasteiger partial charge on any atom is -0.371 e. The van der Waals surface area contributed by atoms with Gasteiger partial charge in [0.2, 0.25) is 0 Å². The van der Waals surface area contributed by atoms with Gasteiger partial charge in [-0.3, -0.25) is 9.69 Å². The molecule has 0 unspecified atom stereocenters. The standard InChI is InChI=1S/C27H34N2O/c1-3-26-24(20-30)17-23(18-27(26)28(2)25-9-5-6-10-25)22-13-11-21(12-14-22)19-29-15-7-4-8-16-29/h3,11-14,17-18,20,25H,1,4-10,15-16,19H2,2H3. The summed E-state index contributed by atoms with van der Waals surface area (Å²) < 4.78 is 0. The molecule has 4 rings (SSSR count). The number of benzene rings is 2. The zero-order valence-electron chi connectivity index (χ0n) is 18.3. The van der Waals surface area contributed by atoms with Gasteiger partial charge in [-0.15, -0.1) is 0 Å². The minimum absolute atomic E-state index is 0.547. The van der Waals surface area contributed by atoms with Gasteiger partial charge >= 0.3 is 0 Å². The number of carbonyl (C=O) groups is 1. The molecule has 0 amide bonds. The topological polar surface area (TPSA) is 23.6 Å². The number of piperidine rings is 1. The second-order valence-corrected chi connectivity index (χ2v) is 8.90. The molecule has 0 spiro atoms. The van der Waals surface area contributed by atoms with E-state index in [2.05, 4.69) is 53.8 Å². The van der Waals surface area contributed by atoms with Crippen molar-refractivity contribution < 1.29 is 4.79 Å². The summed E-state index contributed by atoms with van der Waals surface area (Å²) in [6.07, 6.45) is 11.8. The summed E-state index contributed by atoms with van der Waals surface area (Å²) in [4.78, 5) is 16.8. The highest BCUT2D eigenvalue weighted by Crippen LogP contribution is 2.35. The molecule has 158 valence electrons. The maximum Gasteiger partial charge on any atom is 0.150 e. The Morgan fingerprint density at radius 1 is 1.00 bits per heavy atom. The first kappa shape index (κ1) is 20.9. The molecule has 3 nitrogen and oxygen atoms in total. The van der Waals surface area contributed by atoms with Crippen molar-refractivity contribution in [1.29, 1.82) is 0 Å². The average Bonchev–Trinajstić information content (AvgIpc) is 3.34. The fraction of sp³-hybridized carbons (Fsp3) is 0.444. The van der Waals surface area contributed by atoms with Crippen LogP contribution in [0.4, 0.5) is 5.69 Å². The van der Waals surface area contributed by atoms with Crippen LogP contribution in [0.2, 0.25) is 0 Å². The van der Waals surface area contributed by atoms with Crippen LogP contribution >= 0.6 is 0 Å². The highest BCUT2D eigenvalue weighted by molar-refractivity contribution is 5.90. The molecule has 2 aliphatic rings. The molecule has 1 saturated heterocycles. The van der Waals surface area contributed by atoms with E-state index >= 15 is 0 Å². The Labute approximate surface area is 181 Å². The lowest BCUT2D eigenvalue weighted by Gasteiger charge is -2.29. The summed E-state index contributed by atoms with van der Waals surface area (Å²) in [7, 11) is 2.17. The largest absolute Gasteiger partial charge is 0.371 e. The second-order valence-electron chi connectivity index (χ2n) is 8.90. The van der Waals surface area contributed by atoms with E-state index in [1.165, 1.54) is 63.6 Å². The van der Waals surface area contributed by atoms with Gasteiger partial charge in [-0.05, 0) is 67.6 Å². The smallest absolute Gasteiger partial charge is 0.150 e. The third-order valence-corrected chi connectivity index (χ3v) is 6.92. The SMILES string of the molecule is C=Cc1c(C=O)cc(-c2ccc(CN3CCCCC3)cc2)cc1N(C)C1CCCC1. The van der Waals surface area contributed by atoms with E-state index in [4.69, 9.17) is 0 Å². The Hall–Kier alpha value is -2.39. The zero-order valence-corrected chi connectivity index (χ0v) is 18.3. The predicted molar refractivity (Wildman–Crippen MR) is 127 cm³/mol. The average molecular weight is 403 g/mol. The van der Waals surface area contributed by atoms with Gasteiger partial charge in [0.05, 0.1) is 0 Å². The zero-order chi connectivity index (χ0) is 20.9. The molecule has 2 aromatic rings. The van der Waals surface area contributed by atoms with Gasteiger partial charge in [-0.1, -0.05) is 56.2 Å². The molecular weight excluding hydrogens is 368 g/mol. The van der Waals surface area contributed by atoms with Crippen LogP contribution in [0.5, 0.6) is 0 Å². The maximum atomic E-state index is 11.9. The molecule has 2 aromatic carbocycles. The van der Waals surface area contributed by atoms with Crippen molar-refractivity contribution in [1.82, 2.24) is 4.90 Å². The summed E-state index contributed by atoms with van der Waals surface area (Å²) in [5.74, 6) is 0. The molecule has 0 radical (unpaired) electrons. The van der Waals surface area contributed by atoms with Crippen molar-refractivity contribution in [3.05, 3.63) is 59.7 Å². The number of aldehydes is 1. The van der Waals surface area contributed by atoms with Gasteiger partial charge in [0, 0.05) is 36.4 Å². The summed E-state index contributed by atoms with van der Waals surface area (Å²) in [5, 5.41) is 0. The molecule has 1 saturated carbocycles. The van der Waals surface area contributed by atoms with Gasteiger partial charge in [0.25, 0.3) is 0 Å². The van der Waals surface area contributed by atoms with Crippen molar-refractivity contribution in [2.24, 2.45) is 0 Å². The fourth-order valence-electron chi connectivity index (χ4n) is 5.10. The molecule has 0 bridgehead atoms. The molecule has 1 aliphatic heterocycles. The highest BCUT2D eigenvalue weighted by Gasteiger charge is 2.23. The molecule has 1 heterocycles. The summed E-state index contributed by atoms with van der Waals surface area (Å²) in [6.45, 7) is 7.45. The third-order valence-electron chi connectivity index (χ3n) is 6.92. The number of hydrogen-bond acceptors (Lipinski definition) is 3. The number of hydrogen-bond donors (Lipinski definition) is 0. The lowest BCUT2D eigenvalue weighted by atomic mass is 9.96. The van der Waals surface area contributed by atoms with Crippen molar-refractivity contribution in [3.8, 4) is 11.1 Å². The van der Waals surface area contributed by atoms with Gasteiger partial charge in [0.1, 0.15) is 0 Å². The normalized spacial score (nSPS) is 17.8. The predicted octanol–water partition coefficient (Wildman–Crippen LogP) is 6.17. The number of likely N-dealkylation sites (tertiary alicyclic amines) is 1. The Bertz CT molecular complexity index is 874. The first-order valence-corrected chi connectivity index (χ1v) is 11.5. The molecule has 0 N–H and O–H groups in total. The summed E-state index contributed by atoms with van der Waals surface area (Å²) >= 11 is 0. The van der Waals surface area contributed by atoms with Crippen LogP contribution in [0.25, 0.3) is 17.2 Å². The van der Waals surface area contributed by atoms with E-state index in [1.54, 1.807) is 0 Å². The van der Waals surface area contributed by atoms with Crippen molar-refractivity contribution in [3.63, 3.8) is 0 Å². The molecule has 2 fully saturated rings. The molecule has 0 aromatic heterocycles. The number of nitrogens with zero attached hydrogens (tertiary/aromatic N) is 2. The number of rotatable bonds is 7.